The van der Waals surface area contributed by atoms with E-state index in [0.29, 0.717) is 22.4 Å². The van der Waals surface area contributed by atoms with Crippen LogP contribution in [0.1, 0.15) is 25.1 Å². The van der Waals surface area contributed by atoms with Gasteiger partial charge < -0.3 is 9.47 Å². The summed E-state index contributed by atoms with van der Waals surface area (Å²) >= 11 is 1.53. The number of benzene rings is 2. The molecule has 1 amide bonds. The first-order chi connectivity index (χ1) is 13.7. The molecule has 5 rings (SSSR count). The van der Waals surface area contributed by atoms with Gasteiger partial charge in [0.05, 0.1) is 5.36 Å². The molecule has 0 spiro atoms. The number of nitrogens with zero attached hydrogens (tertiary/aromatic N) is 3. The standard InChI is InChI=1S/C20H18N4O3S/c1-2-9-28-20-22-19(25)17-13-5-3-4-6-14(13)21-18(24(17)23-20)12-7-8-15-16(10-12)27-11-26-15/h3-8,10,18H,2,9,11H2,1H3,(H,22,23,25). The van der Waals surface area contributed by atoms with Gasteiger partial charge in [-0.05, 0) is 24.6 Å². The average Bonchev–Trinajstić information content (AvgIpc) is 3.19. The molecule has 3 aliphatic rings. The van der Waals surface area contributed by atoms with Crippen LogP contribution in [0.5, 0.6) is 11.5 Å². The van der Waals surface area contributed by atoms with E-state index in [2.05, 4.69) is 12.2 Å². The van der Waals surface area contributed by atoms with Gasteiger partial charge in [0, 0.05) is 16.5 Å². The summed E-state index contributed by atoms with van der Waals surface area (Å²) in [6.07, 6.45) is 0.539. The van der Waals surface area contributed by atoms with Gasteiger partial charge in [-0.1, -0.05) is 43.0 Å². The van der Waals surface area contributed by atoms with Gasteiger partial charge in [0.2, 0.25) is 6.79 Å². The molecular formula is C20H18N4O3S. The van der Waals surface area contributed by atoms with E-state index in [1.165, 1.54) is 11.8 Å². The Hall–Kier alpha value is -3.00. The lowest BCUT2D eigenvalue weighted by atomic mass is 10.1. The van der Waals surface area contributed by atoms with Crippen LogP contribution in [0.25, 0.3) is 5.70 Å². The molecule has 142 valence electrons. The molecule has 0 fully saturated rings. The van der Waals surface area contributed by atoms with Gasteiger partial charge in [-0.3, -0.25) is 15.1 Å². The first-order valence-electron chi connectivity index (χ1n) is 9.13. The van der Waals surface area contributed by atoms with Crippen LogP contribution in [0, 0.1) is 0 Å². The molecule has 28 heavy (non-hydrogen) atoms. The highest BCUT2D eigenvalue weighted by atomic mass is 32.2. The first-order valence-corrected chi connectivity index (χ1v) is 10.1. The fourth-order valence-corrected chi connectivity index (χ4v) is 4.09. The number of carbonyl (C=O) groups excluding carboxylic acids is 1. The molecule has 2 aromatic carbocycles. The Morgan fingerprint density at radius 3 is 2.96 bits per heavy atom. The minimum atomic E-state index is -0.456. The van der Waals surface area contributed by atoms with E-state index in [0.717, 1.165) is 28.3 Å². The summed E-state index contributed by atoms with van der Waals surface area (Å²) in [7, 11) is 0. The lowest BCUT2D eigenvalue weighted by Crippen LogP contribution is -2.50. The molecule has 0 aromatic heterocycles. The number of hydrazone groups is 1. The van der Waals surface area contributed by atoms with E-state index in [1.807, 2.05) is 42.5 Å². The molecule has 0 bridgehead atoms. The molecule has 0 radical (unpaired) electrons. The Morgan fingerprint density at radius 2 is 2.07 bits per heavy atom. The molecule has 0 saturated heterocycles. The predicted octanol–water partition coefficient (Wildman–Crippen LogP) is 1.70. The highest BCUT2D eigenvalue weighted by Gasteiger charge is 2.34. The number of rotatable bonds is 3. The zero-order valence-corrected chi connectivity index (χ0v) is 16.0. The molecular weight excluding hydrogens is 376 g/mol. The van der Waals surface area contributed by atoms with Gasteiger partial charge >= 0.3 is 0 Å². The number of para-hydroxylation sites is 1. The van der Waals surface area contributed by atoms with E-state index < -0.39 is 6.17 Å². The quantitative estimate of drug-likeness (QED) is 0.858. The highest BCUT2D eigenvalue weighted by Crippen LogP contribution is 2.38. The van der Waals surface area contributed by atoms with Crippen LogP contribution in [0.3, 0.4) is 0 Å². The molecule has 1 N–H and O–H groups in total. The van der Waals surface area contributed by atoms with Crippen molar-refractivity contribution in [2.75, 3.05) is 12.5 Å². The SMILES string of the molecule is CCCSC1=NN2C(=c3ccccc3=NC2c2ccc3c(c2)OCO3)C(=O)N1. The zero-order chi connectivity index (χ0) is 19.1. The number of amides is 1. The topological polar surface area (TPSA) is 75.5 Å². The van der Waals surface area contributed by atoms with Crippen molar-refractivity contribution in [1.29, 1.82) is 0 Å². The Labute approximate surface area is 165 Å². The lowest BCUT2D eigenvalue weighted by Gasteiger charge is -2.34. The number of hydrogen-bond donors (Lipinski definition) is 1. The minimum absolute atomic E-state index is 0.165. The summed E-state index contributed by atoms with van der Waals surface area (Å²) in [5.41, 5.74) is 1.39. The molecule has 1 unspecified atom stereocenters. The number of thioether (sulfide) groups is 1. The van der Waals surface area contributed by atoms with Crippen LogP contribution in [-0.2, 0) is 4.79 Å². The molecule has 3 aliphatic heterocycles. The van der Waals surface area contributed by atoms with Crippen molar-refractivity contribution in [3.8, 4) is 11.5 Å². The van der Waals surface area contributed by atoms with Crippen LogP contribution in [0.4, 0.5) is 0 Å². The van der Waals surface area contributed by atoms with Crippen molar-refractivity contribution in [2.24, 2.45) is 10.1 Å². The summed E-state index contributed by atoms with van der Waals surface area (Å²) in [6.45, 7) is 2.31. The van der Waals surface area contributed by atoms with Gasteiger partial charge in [-0.15, -0.1) is 5.10 Å². The molecule has 1 atom stereocenters. The molecule has 2 aromatic rings. The van der Waals surface area contributed by atoms with E-state index in [-0.39, 0.29) is 12.7 Å². The number of nitrogens with one attached hydrogen (secondary N) is 1. The van der Waals surface area contributed by atoms with Gasteiger partial charge in [0.25, 0.3) is 5.91 Å². The Balaban J connectivity index is 1.67. The normalized spacial score (nSPS) is 19.4. The summed E-state index contributed by atoms with van der Waals surface area (Å²) in [5.74, 6) is 2.11. The summed E-state index contributed by atoms with van der Waals surface area (Å²) < 4.78 is 10.9. The van der Waals surface area contributed by atoms with Crippen molar-refractivity contribution in [3.05, 3.63) is 58.6 Å². The van der Waals surface area contributed by atoms with Crippen molar-refractivity contribution >= 4 is 28.5 Å². The van der Waals surface area contributed by atoms with Crippen LogP contribution in [-0.4, -0.2) is 28.6 Å². The van der Waals surface area contributed by atoms with Crippen LogP contribution in [0.15, 0.2) is 52.6 Å². The van der Waals surface area contributed by atoms with E-state index in [1.54, 1.807) is 5.01 Å². The number of hydrogen-bond acceptors (Lipinski definition) is 7. The fourth-order valence-electron chi connectivity index (χ4n) is 3.38. The average molecular weight is 394 g/mol. The van der Waals surface area contributed by atoms with Crippen LogP contribution in [0.2, 0.25) is 0 Å². The number of fused-ring (bicyclic) bond motifs is 3. The first kappa shape index (κ1) is 17.1. The Bertz CT molecular complexity index is 1110. The van der Waals surface area contributed by atoms with Crippen LogP contribution >= 0.6 is 11.8 Å². The maximum absolute atomic E-state index is 13.0. The maximum Gasteiger partial charge on any atom is 0.276 e. The third kappa shape index (κ3) is 2.80. The van der Waals surface area contributed by atoms with Crippen LogP contribution < -0.4 is 25.4 Å². The second kappa shape index (κ2) is 6.87. The second-order valence-electron chi connectivity index (χ2n) is 6.53. The van der Waals surface area contributed by atoms with Crippen molar-refractivity contribution < 1.29 is 14.3 Å². The zero-order valence-electron chi connectivity index (χ0n) is 15.2. The highest BCUT2D eigenvalue weighted by molar-refractivity contribution is 8.13. The summed E-state index contributed by atoms with van der Waals surface area (Å²) in [5, 5.41) is 11.5. The smallest absolute Gasteiger partial charge is 0.276 e. The summed E-state index contributed by atoms with van der Waals surface area (Å²) in [6, 6.07) is 13.3. The molecule has 0 saturated carbocycles. The largest absolute Gasteiger partial charge is 0.454 e. The van der Waals surface area contributed by atoms with Crippen molar-refractivity contribution in [3.63, 3.8) is 0 Å². The monoisotopic (exact) mass is 394 g/mol. The molecule has 7 nitrogen and oxygen atoms in total. The predicted molar refractivity (Wildman–Crippen MR) is 106 cm³/mol. The Morgan fingerprint density at radius 1 is 1.21 bits per heavy atom. The molecule has 3 heterocycles. The number of amidine groups is 1. The molecule has 0 aliphatic carbocycles. The number of ether oxygens (including phenoxy) is 2. The van der Waals surface area contributed by atoms with Gasteiger partial charge in [-0.2, -0.15) is 0 Å². The maximum atomic E-state index is 13.0. The third-order valence-electron chi connectivity index (χ3n) is 4.65. The van der Waals surface area contributed by atoms with Gasteiger partial charge in [0.1, 0.15) is 5.70 Å². The third-order valence-corrected chi connectivity index (χ3v) is 5.72. The van der Waals surface area contributed by atoms with E-state index in [9.17, 15) is 4.79 Å². The van der Waals surface area contributed by atoms with E-state index >= 15 is 0 Å². The lowest BCUT2D eigenvalue weighted by molar-refractivity contribution is -0.116. The van der Waals surface area contributed by atoms with Gasteiger partial charge in [-0.25, -0.2) is 5.01 Å². The van der Waals surface area contributed by atoms with Gasteiger partial charge in [0.15, 0.2) is 22.8 Å². The number of carbonyl (C=O) groups is 1. The van der Waals surface area contributed by atoms with Crippen molar-refractivity contribution in [2.45, 2.75) is 19.5 Å². The summed E-state index contributed by atoms with van der Waals surface area (Å²) in [4.78, 5) is 17.8. The fraction of sp³-hybridized carbons (Fsp3) is 0.250. The Kier molecular flexibility index (Phi) is 4.20. The van der Waals surface area contributed by atoms with E-state index in [4.69, 9.17) is 19.6 Å². The van der Waals surface area contributed by atoms with Crippen molar-refractivity contribution in [1.82, 2.24) is 10.3 Å². The minimum Gasteiger partial charge on any atom is -0.454 e. The molecule has 8 heteroatoms. The second-order valence-corrected chi connectivity index (χ2v) is 7.62.